The molecule has 1 heterocycles. The van der Waals surface area contributed by atoms with Gasteiger partial charge in [0.15, 0.2) is 11.6 Å². The minimum Gasteiger partial charge on any atom is -0.508 e. The fraction of sp³-hybridized carbons (Fsp3) is 0.393. The van der Waals surface area contributed by atoms with E-state index in [0.717, 1.165) is 23.1 Å². The first-order chi connectivity index (χ1) is 16.7. The van der Waals surface area contributed by atoms with Crippen molar-refractivity contribution in [2.45, 2.75) is 59.4 Å². The van der Waals surface area contributed by atoms with E-state index in [-0.39, 0.29) is 24.0 Å². The fourth-order valence-electron chi connectivity index (χ4n) is 4.16. The van der Waals surface area contributed by atoms with Gasteiger partial charge in [-0.2, -0.15) is 0 Å². The molecule has 1 amide bonds. The van der Waals surface area contributed by atoms with Crippen LogP contribution in [0.2, 0.25) is 0 Å². The van der Waals surface area contributed by atoms with Crippen molar-refractivity contribution in [1.29, 1.82) is 0 Å². The molecule has 0 aliphatic heterocycles. The minimum atomic E-state index is -0.168. The highest BCUT2D eigenvalue weighted by atomic mass is 16.3. The number of ketones is 1. The summed E-state index contributed by atoms with van der Waals surface area (Å²) in [6, 6.07) is 13.2. The van der Waals surface area contributed by atoms with Crippen molar-refractivity contribution < 1.29 is 19.8 Å². The molecule has 0 saturated heterocycles. The zero-order chi connectivity index (χ0) is 25.5. The van der Waals surface area contributed by atoms with E-state index in [1.165, 1.54) is 17.4 Å². The highest BCUT2D eigenvalue weighted by molar-refractivity contribution is 6.02. The average molecular weight is 478 g/mol. The lowest BCUT2D eigenvalue weighted by atomic mass is 10.1. The van der Waals surface area contributed by atoms with E-state index >= 15 is 0 Å². The van der Waals surface area contributed by atoms with E-state index in [0.29, 0.717) is 49.6 Å². The van der Waals surface area contributed by atoms with Gasteiger partial charge < -0.3 is 14.8 Å². The maximum Gasteiger partial charge on any atom is 0.227 e. The van der Waals surface area contributed by atoms with Crippen LogP contribution in [0.25, 0.3) is 0 Å². The lowest BCUT2D eigenvalue weighted by Crippen LogP contribution is -2.28. The summed E-state index contributed by atoms with van der Waals surface area (Å²) >= 11 is 0. The number of aromatic hydroxyl groups is 1. The smallest absolute Gasteiger partial charge is 0.227 e. The van der Waals surface area contributed by atoms with Crippen LogP contribution in [-0.4, -0.2) is 45.1 Å². The molecule has 7 nitrogen and oxygen atoms in total. The number of Topliss-reactive ketones (excluding diaryl/α,β-unsaturated/α-hetero) is 1. The second kappa shape index (κ2) is 11.8. The van der Waals surface area contributed by atoms with Gasteiger partial charge in [-0.1, -0.05) is 36.8 Å². The number of carbonyl (C=O) groups excluding carboxylic acids is 2. The lowest BCUT2D eigenvalue weighted by molar-refractivity contribution is -0.118. The summed E-state index contributed by atoms with van der Waals surface area (Å²) in [5, 5.41) is 18.9. The number of rotatable bonds is 11. The fourth-order valence-corrected chi connectivity index (χ4v) is 4.16. The van der Waals surface area contributed by atoms with E-state index in [9.17, 15) is 14.7 Å². The van der Waals surface area contributed by atoms with E-state index < -0.39 is 0 Å². The standard InChI is InChI=1S/C28H35N3O4/c1-19-12-13-23(15-20(19)2)18-31-25(17-22-9-8-10-24(34)16-22)29-28(27(31)21(3)33)30(4)26(35)11-6-5-7-14-32/h8-10,12-13,15-16,32,34H,5-7,11,14,17-18H2,1-4H3. The predicted octanol–water partition coefficient (Wildman–Crippen LogP) is 4.56. The molecule has 0 unspecified atom stereocenters. The largest absolute Gasteiger partial charge is 0.508 e. The number of phenolic OH excluding ortho intramolecular Hbond substituents is 1. The number of nitrogens with zero attached hydrogens (tertiary/aromatic N) is 3. The van der Waals surface area contributed by atoms with Crippen molar-refractivity contribution in [3.8, 4) is 5.75 Å². The van der Waals surface area contributed by atoms with Gasteiger partial charge in [0.05, 0.1) is 0 Å². The van der Waals surface area contributed by atoms with E-state index in [2.05, 4.69) is 26.0 Å². The number of benzene rings is 2. The average Bonchev–Trinajstić information content (AvgIpc) is 3.16. The number of hydrogen-bond donors (Lipinski definition) is 2. The number of carbonyl (C=O) groups is 2. The first-order valence-corrected chi connectivity index (χ1v) is 12.0. The summed E-state index contributed by atoms with van der Waals surface area (Å²) in [7, 11) is 1.65. The number of anilines is 1. The van der Waals surface area contributed by atoms with E-state index in [4.69, 9.17) is 10.1 Å². The molecule has 7 heteroatoms. The molecule has 186 valence electrons. The van der Waals surface area contributed by atoms with Gasteiger partial charge in [-0.15, -0.1) is 0 Å². The molecule has 0 fully saturated rings. The Hall–Kier alpha value is -3.45. The summed E-state index contributed by atoms with van der Waals surface area (Å²) in [4.78, 5) is 32.0. The molecule has 0 saturated carbocycles. The number of aryl methyl sites for hydroxylation is 2. The Morgan fingerprint density at radius 2 is 1.77 bits per heavy atom. The molecule has 0 spiro atoms. The van der Waals surface area contributed by atoms with Crippen LogP contribution >= 0.6 is 0 Å². The highest BCUT2D eigenvalue weighted by Gasteiger charge is 2.26. The highest BCUT2D eigenvalue weighted by Crippen LogP contribution is 2.26. The topological polar surface area (TPSA) is 95.7 Å². The second-order valence-electron chi connectivity index (χ2n) is 9.09. The molecule has 35 heavy (non-hydrogen) atoms. The molecule has 0 bridgehead atoms. The van der Waals surface area contributed by atoms with Gasteiger partial charge >= 0.3 is 0 Å². The van der Waals surface area contributed by atoms with Crippen molar-refractivity contribution >= 4 is 17.5 Å². The molecule has 2 N–H and O–H groups in total. The van der Waals surface area contributed by atoms with Crippen molar-refractivity contribution in [3.05, 3.63) is 76.2 Å². The summed E-state index contributed by atoms with van der Waals surface area (Å²) in [5.41, 5.74) is 4.64. The maximum absolute atomic E-state index is 12.9. The zero-order valence-corrected chi connectivity index (χ0v) is 21.0. The molecule has 1 aromatic heterocycles. The van der Waals surface area contributed by atoms with E-state index in [1.807, 2.05) is 16.7 Å². The normalized spacial score (nSPS) is 11.0. The quantitative estimate of drug-likeness (QED) is 0.312. The van der Waals surface area contributed by atoms with E-state index in [1.54, 1.807) is 25.2 Å². The number of aliphatic hydroxyl groups excluding tert-OH is 1. The van der Waals surface area contributed by atoms with Gasteiger partial charge in [0.2, 0.25) is 5.91 Å². The minimum absolute atomic E-state index is 0.111. The Morgan fingerprint density at radius 3 is 2.43 bits per heavy atom. The van der Waals surface area contributed by atoms with Crippen LogP contribution in [0.4, 0.5) is 5.82 Å². The van der Waals surface area contributed by atoms with Crippen molar-refractivity contribution in [1.82, 2.24) is 9.55 Å². The van der Waals surface area contributed by atoms with Gasteiger partial charge in [-0.05, 0) is 61.1 Å². The Balaban J connectivity index is 2.03. The molecular weight excluding hydrogens is 442 g/mol. The summed E-state index contributed by atoms with van der Waals surface area (Å²) < 4.78 is 1.89. The van der Waals surface area contributed by atoms with Crippen LogP contribution in [0.15, 0.2) is 42.5 Å². The predicted molar refractivity (Wildman–Crippen MR) is 137 cm³/mol. The Morgan fingerprint density at radius 1 is 1.00 bits per heavy atom. The molecule has 3 aromatic rings. The van der Waals surface area contributed by atoms with Crippen LogP contribution in [0, 0.1) is 13.8 Å². The summed E-state index contributed by atoms with van der Waals surface area (Å²) in [6.07, 6.45) is 2.81. The maximum atomic E-state index is 12.9. The second-order valence-corrected chi connectivity index (χ2v) is 9.09. The summed E-state index contributed by atoms with van der Waals surface area (Å²) in [5.74, 6) is 0.873. The van der Waals surface area contributed by atoms with Crippen molar-refractivity contribution in [2.75, 3.05) is 18.6 Å². The van der Waals surface area contributed by atoms with Gasteiger partial charge in [-0.3, -0.25) is 14.5 Å². The molecule has 0 aliphatic rings. The number of aromatic nitrogens is 2. The van der Waals surface area contributed by atoms with Crippen molar-refractivity contribution in [2.24, 2.45) is 0 Å². The number of phenols is 1. The van der Waals surface area contributed by atoms with Crippen LogP contribution in [0.1, 0.15) is 71.2 Å². The Labute approximate surface area is 207 Å². The van der Waals surface area contributed by atoms with Gasteiger partial charge in [0.1, 0.15) is 17.3 Å². The first kappa shape index (κ1) is 26.2. The monoisotopic (exact) mass is 477 g/mol. The number of hydrogen-bond acceptors (Lipinski definition) is 5. The Bertz CT molecular complexity index is 1200. The molecule has 0 radical (unpaired) electrons. The molecule has 2 aromatic carbocycles. The third-order valence-corrected chi connectivity index (χ3v) is 6.29. The van der Waals surface area contributed by atoms with Crippen LogP contribution in [-0.2, 0) is 17.8 Å². The molecular formula is C28H35N3O4. The van der Waals surface area contributed by atoms with Crippen LogP contribution in [0.5, 0.6) is 5.75 Å². The van der Waals surface area contributed by atoms with Crippen LogP contribution in [0.3, 0.4) is 0 Å². The van der Waals surface area contributed by atoms with Crippen LogP contribution < -0.4 is 4.90 Å². The number of aliphatic hydroxyl groups is 1. The van der Waals surface area contributed by atoms with Gasteiger partial charge in [-0.25, -0.2) is 4.98 Å². The van der Waals surface area contributed by atoms with Gasteiger partial charge in [0, 0.05) is 40.0 Å². The Kier molecular flexibility index (Phi) is 8.82. The lowest BCUT2D eigenvalue weighted by Gasteiger charge is -2.17. The molecule has 0 aliphatic carbocycles. The SMILES string of the molecule is CC(=O)c1c(N(C)C(=O)CCCCCO)nc(Cc2cccc(O)c2)n1Cc1ccc(C)c(C)c1. The number of unbranched alkanes of at least 4 members (excludes halogenated alkanes) is 2. The molecule has 3 rings (SSSR count). The number of imidazole rings is 1. The third-order valence-electron chi connectivity index (χ3n) is 6.29. The number of amides is 1. The zero-order valence-electron chi connectivity index (χ0n) is 21.0. The van der Waals surface area contributed by atoms with Crippen molar-refractivity contribution in [3.63, 3.8) is 0 Å². The first-order valence-electron chi connectivity index (χ1n) is 12.0. The summed E-state index contributed by atoms with van der Waals surface area (Å²) in [6.45, 7) is 6.16. The molecule has 0 atom stereocenters. The third kappa shape index (κ3) is 6.57. The van der Waals surface area contributed by atoms with Gasteiger partial charge in [0.25, 0.3) is 0 Å².